The number of carboxylic acids is 3. The molecule has 0 radical (unpaired) electrons. The molecule has 0 saturated carbocycles. The number of amides is 14. The van der Waals surface area contributed by atoms with Gasteiger partial charge in [-0.05, 0) is 113 Å². The van der Waals surface area contributed by atoms with Gasteiger partial charge in [-0.1, -0.05) is 50.2 Å². The van der Waals surface area contributed by atoms with Gasteiger partial charge in [0.15, 0.2) is 5.96 Å². The Balaban J connectivity index is 1.35. The molecule has 0 bridgehead atoms. The molecule has 0 unspecified atom stereocenters. The number of thiophene rings is 1. The molecule has 684 valence electrons. The summed E-state index contributed by atoms with van der Waals surface area (Å²) in [6, 6.07) is -2.73. The molecule has 44 nitrogen and oxygen atoms in total. The fourth-order valence-electron chi connectivity index (χ4n) is 14.2. The van der Waals surface area contributed by atoms with E-state index < -0.39 is 222 Å². The topological polar surface area (TPSA) is 681 Å². The molecule has 3 fully saturated rings. The van der Waals surface area contributed by atoms with Crippen LogP contribution < -0.4 is 82.3 Å². The monoisotopic (exact) mass is 1770 g/mol. The number of hydrogen-bond acceptors (Lipinski definition) is 26. The first kappa shape index (κ1) is 102. The minimum atomic E-state index is -3.58. The van der Waals surface area contributed by atoms with Gasteiger partial charge in [0.05, 0.1) is 38.5 Å². The number of aliphatic imine (C=N–C) groups is 1. The lowest BCUT2D eigenvalue weighted by Crippen LogP contribution is -2.60. The van der Waals surface area contributed by atoms with Gasteiger partial charge in [0.2, 0.25) is 82.7 Å². The van der Waals surface area contributed by atoms with Crippen molar-refractivity contribution >= 4 is 128 Å². The highest BCUT2D eigenvalue weighted by Gasteiger charge is 2.44. The van der Waals surface area contributed by atoms with Gasteiger partial charge < -0.3 is 107 Å². The predicted octanol–water partition coefficient (Wildman–Crippen LogP) is -7.33. The van der Waals surface area contributed by atoms with Crippen molar-refractivity contribution in [1.82, 2.24) is 77.3 Å². The van der Waals surface area contributed by atoms with Crippen LogP contribution in [0.4, 0.5) is 0 Å². The Kier molecular flexibility index (Phi) is 43.7. The van der Waals surface area contributed by atoms with Crippen molar-refractivity contribution in [3.05, 3.63) is 58.3 Å². The quantitative estimate of drug-likeness (QED) is 0.0166. The van der Waals surface area contributed by atoms with Crippen LogP contribution in [0.25, 0.3) is 0 Å². The lowest BCUT2D eigenvalue weighted by molar-refractivity contribution is -0.145. The molecular weight excluding hydrogens is 1650 g/mol. The molecular formula is C77H122N22O22S2. The summed E-state index contributed by atoms with van der Waals surface area (Å²) in [7, 11) is -3.58. The number of primary amides is 3. The number of unbranched alkanes of at least 4 members (excludes halogenated alkanes) is 1. The van der Waals surface area contributed by atoms with Crippen molar-refractivity contribution < 1.29 is 105 Å². The molecule has 24 N–H and O–H groups in total. The number of nitrogens with two attached hydrogens (primary N) is 6. The molecule has 1 aromatic heterocycles. The van der Waals surface area contributed by atoms with Crippen molar-refractivity contribution in [1.29, 1.82) is 0 Å². The second-order valence-corrected chi connectivity index (χ2v) is 34.4. The van der Waals surface area contributed by atoms with Crippen LogP contribution in [0.3, 0.4) is 0 Å². The van der Waals surface area contributed by atoms with Gasteiger partial charge in [-0.15, -0.1) is 11.3 Å². The van der Waals surface area contributed by atoms with E-state index in [1.54, 1.807) is 81.3 Å². The van der Waals surface area contributed by atoms with Gasteiger partial charge in [0.1, 0.15) is 70.3 Å². The number of guanidine groups is 1. The van der Waals surface area contributed by atoms with Crippen molar-refractivity contribution in [3.63, 3.8) is 0 Å². The lowest BCUT2D eigenvalue weighted by Gasteiger charge is -2.33. The van der Waals surface area contributed by atoms with Crippen LogP contribution in [0.1, 0.15) is 121 Å². The summed E-state index contributed by atoms with van der Waals surface area (Å²) < 4.78 is 23.7. The van der Waals surface area contributed by atoms with Gasteiger partial charge in [0.25, 0.3) is 0 Å². The van der Waals surface area contributed by atoms with Gasteiger partial charge in [-0.3, -0.25) is 106 Å². The second-order valence-electron chi connectivity index (χ2n) is 31.2. The number of benzene rings is 1. The molecule has 0 aliphatic carbocycles. The minimum absolute atomic E-state index is 0.0101. The normalized spacial score (nSPS) is 17.7. The van der Waals surface area contributed by atoms with Crippen LogP contribution in [0, 0.1) is 5.92 Å². The molecule has 123 heavy (non-hydrogen) atoms. The number of likely N-dealkylation sites (tertiary alicyclic amines) is 2. The average molecular weight is 1770 g/mol. The van der Waals surface area contributed by atoms with Crippen LogP contribution in [0.2, 0.25) is 0 Å². The number of nitrogens with one attached hydrogen (secondary N) is 9. The van der Waals surface area contributed by atoms with E-state index in [0.717, 1.165) is 6.26 Å². The molecule has 1 aromatic carbocycles. The predicted molar refractivity (Wildman–Crippen MR) is 447 cm³/mol. The van der Waals surface area contributed by atoms with E-state index >= 15 is 4.79 Å². The second kappa shape index (κ2) is 52.4. The van der Waals surface area contributed by atoms with E-state index in [1.165, 1.54) is 21.1 Å². The number of carbonyl (C=O) groups is 17. The van der Waals surface area contributed by atoms with E-state index in [2.05, 4.69) is 52.8 Å². The van der Waals surface area contributed by atoms with Crippen LogP contribution >= 0.6 is 11.3 Å². The molecule has 3 saturated heterocycles. The summed E-state index contributed by atoms with van der Waals surface area (Å²) in [5, 5.41) is 54.2. The number of hydrogen-bond donors (Lipinski definition) is 18. The molecule has 46 heteroatoms. The Morgan fingerprint density at radius 2 is 0.919 bits per heavy atom. The fourth-order valence-corrected chi connectivity index (χ4v) is 15.7. The molecule has 5 rings (SSSR count). The number of aliphatic carboxylic acids is 3. The van der Waals surface area contributed by atoms with Gasteiger partial charge >= 0.3 is 17.9 Å². The molecule has 10 atom stereocenters. The summed E-state index contributed by atoms with van der Waals surface area (Å²) in [4.78, 5) is 246. The number of carbonyl (C=O) groups excluding carboxylic acids is 14. The van der Waals surface area contributed by atoms with Crippen LogP contribution in [0.5, 0.6) is 0 Å². The highest BCUT2D eigenvalue weighted by atomic mass is 32.2. The number of carboxylic acid groups (broad SMARTS) is 3. The highest BCUT2D eigenvalue weighted by molar-refractivity contribution is 7.90. The number of nitrogens with zero attached hydrogens (tertiary/aromatic N) is 7. The Hall–Kier alpha value is -11.1. The zero-order chi connectivity index (χ0) is 91.0. The number of sulfone groups is 1. The van der Waals surface area contributed by atoms with Crippen LogP contribution in [-0.4, -0.2) is 343 Å². The van der Waals surface area contributed by atoms with E-state index in [0.29, 0.717) is 23.3 Å². The first-order chi connectivity index (χ1) is 58.2. The molecule has 4 heterocycles. The summed E-state index contributed by atoms with van der Waals surface area (Å²) in [5.41, 5.74) is 34.2. The maximum atomic E-state index is 15.0. The van der Waals surface area contributed by atoms with Gasteiger partial charge in [-0.2, -0.15) is 0 Å². The Bertz CT molecular complexity index is 4060. The third-order valence-corrected chi connectivity index (χ3v) is 22.4. The summed E-state index contributed by atoms with van der Waals surface area (Å²) >= 11 is 1.22. The third kappa shape index (κ3) is 38.5. The van der Waals surface area contributed by atoms with Crippen molar-refractivity contribution in [2.24, 2.45) is 45.3 Å². The average Bonchev–Trinajstić information content (AvgIpc) is 1.71. The van der Waals surface area contributed by atoms with Crippen LogP contribution in [-0.2, 0) is 104 Å². The van der Waals surface area contributed by atoms with E-state index in [-0.39, 0.29) is 174 Å². The van der Waals surface area contributed by atoms with E-state index in [4.69, 9.17) is 34.4 Å². The third-order valence-electron chi connectivity index (χ3n) is 20.6. The van der Waals surface area contributed by atoms with Crippen molar-refractivity contribution in [2.45, 2.75) is 183 Å². The first-order valence-corrected chi connectivity index (χ1v) is 43.8. The molecule has 3 aliphatic heterocycles. The van der Waals surface area contributed by atoms with E-state index in [1.807, 2.05) is 0 Å². The Labute approximate surface area is 717 Å². The van der Waals surface area contributed by atoms with Crippen LogP contribution in [0.15, 0.2) is 52.8 Å². The van der Waals surface area contributed by atoms with Gasteiger partial charge in [0, 0.05) is 109 Å². The fraction of sp³-hybridized carbons (Fsp3) is 0.636. The van der Waals surface area contributed by atoms with Gasteiger partial charge in [-0.25, -0.2) is 8.42 Å². The smallest absolute Gasteiger partial charge is 0.317 e. The minimum Gasteiger partial charge on any atom is -0.480 e. The van der Waals surface area contributed by atoms with Crippen molar-refractivity contribution in [2.75, 3.05) is 123 Å². The lowest BCUT2D eigenvalue weighted by atomic mass is 10.0. The largest absolute Gasteiger partial charge is 0.480 e. The standard InChI is InChI=1S/C77H122N22O22S2/c1-47(2)39-55(71(114)88-50(67(81)110)24-38-123(3,120)121)87-62(102)42-85-68(111)57(41-49-15-12-37-122-49)93-72(115)56(40-48-13-5-4-6-14-48)92-70(113)51(20-22-60(79)100)89-69(112)52(21-23-61(80)101)90-73(116)58-18-10-28-99(58)76(119)54(16-7-8-25-78)91-74(117)59-19-11-27-98(59)75(118)53(17-9-26-84-77(82)83)86-63(103)43-94-29-31-95(44-64(104)105)33-35-97(46-66(108)109)36-34-96(32-30-94)45-65(106)107/h4-6,12-15,37,47,50-59H,7-11,16-36,38-46,78H2,1-3H3,(H2,79,100)(H2,80,101)(H2,81,110)(H,85,111)(H,86,103)(H,87,102)(H,88,114)(H,89,112)(H,90,116)(H,91,117)(H,92,113)(H,93,115)(H,104,105)(H,106,107)(H,108,109)(H4,82,83,84)/t50-,51-,52-,53-,54-,55-,56-,57-,58-,59-/m0/s1. The first-order valence-electron chi connectivity index (χ1n) is 40.9. The van der Waals surface area contributed by atoms with E-state index in [9.17, 15) is 100 Å². The molecule has 14 amide bonds. The summed E-state index contributed by atoms with van der Waals surface area (Å²) in [6.07, 6.45) is -0.404. The number of rotatable bonds is 51. The maximum absolute atomic E-state index is 15.0. The zero-order valence-electron chi connectivity index (χ0n) is 69.7. The van der Waals surface area contributed by atoms with Crippen molar-refractivity contribution in [3.8, 4) is 0 Å². The SMILES string of the molecule is CC(C)C[C@H](NC(=O)CNC(=O)[C@H](Cc1cccs1)NC(=O)[C@H](Cc1ccccc1)NC(=O)[C@H](CCC(N)=O)NC(=O)[C@H](CCC(N)=O)NC(=O)[C@@H]1CCCN1C(=O)[C@H](CCCCN)NC(=O)[C@@H]1CCCN1C(=O)[C@H](CCCN=C(N)N)NC(=O)CN1CCN(CC(=O)O)CCN(CC(=O)O)CCN(CC(=O)O)CC1)C(=O)N[C@@H](CCS(C)(=O)=O)C(N)=O. The molecule has 2 aromatic rings. The Morgan fingerprint density at radius 3 is 1.37 bits per heavy atom. The molecule has 3 aliphatic rings. The zero-order valence-corrected chi connectivity index (χ0v) is 71.4. The Morgan fingerprint density at radius 1 is 0.480 bits per heavy atom. The molecule has 0 spiro atoms. The summed E-state index contributed by atoms with van der Waals surface area (Å²) in [5.74, 6) is -16.8. The maximum Gasteiger partial charge on any atom is 0.317 e. The highest BCUT2D eigenvalue weighted by Crippen LogP contribution is 2.25. The summed E-state index contributed by atoms with van der Waals surface area (Å²) in [6.45, 7) is 2.20.